The van der Waals surface area contributed by atoms with Gasteiger partial charge in [-0.15, -0.1) is 0 Å². The lowest BCUT2D eigenvalue weighted by molar-refractivity contribution is -0.155. The third kappa shape index (κ3) is 4.07. The lowest BCUT2D eigenvalue weighted by Gasteiger charge is -2.22. The fourth-order valence-electron chi connectivity index (χ4n) is 1.56. The van der Waals surface area contributed by atoms with Crippen molar-refractivity contribution in [2.75, 3.05) is 19.6 Å². The summed E-state index contributed by atoms with van der Waals surface area (Å²) in [6, 6.07) is 0.220. The van der Waals surface area contributed by atoms with Gasteiger partial charge in [0.2, 0.25) is 0 Å². The van der Waals surface area contributed by atoms with Crippen LogP contribution in [-0.4, -0.2) is 42.1 Å². The Kier molecular flexibility index (Phi) is 3.50. The Balaban J connectivity index is 2.27. The van der Waals surface area contributed by atoms with Crippen molar-refractivity contribution < 1.29 is 9.53 Å². The SMILES string of the molecule is CC(C)(C)OC(=O)CN1CC[C@@H](N)C1. The first-order chi connectivity index (χ1) is 6.37. The molecule has 82 valence electrons. The van der Waals surface area contributed by atoms with Crippen LogP contribution in [0.25, 0.3) is 0 Å². The van der Waals surface area contributed by atoms with Crippen LogP contribution >= 0.6 is 0 Å². The number of hydrogen-bond acceptors (Lipinski definition) is 4. The molecule has 0 saturated carbocycles. The van der Waals surface area contributed by atoms with E-state index in [1.165, 1.54) is 0 Å². The summed E-state index contributed by atoms with van der Waals surface area (Å²) in [7, 11) is 0. The van der Waals surface area contributed by atoms with Gasteiger partial charge in [-0.2, -0.15) is 0 Å². The number of nitrogens with zero attached hydrogens (tertiary/aromatic N) is 1. The molecule has 0 aliphatic carbocycles. The molecule has 1 heterocycles. The Bertz CT molecular complexity index is 211. The lowest BCUT2D eigenvalue weighted by Crippen LogP contribution is -2.35. The summed E-state index contributed by atoms with van der Waals surface area (Å²) in [5.74, 6) is -0.161. The van der Waals surface area contributed by atoms with Crippen molar-refractivity contribution in [2.24, 2.45) is 5.73 Å². The minimum Gasteiger partial charge on any atom is -0.459 e. The summed E-state index contributed by atoms with van der Waals surface area (Å²) in [6.07, 6.45) is 0.975. The molecule has 0 radical (unpaired) electrons. The minimum absolute atomic E-state index is 0.161. The van der Waals surface area contributed by atoms with Crippen LogP contribution in [0.4, 0.5) is 0 Å². The van der Waals surface area contributed by atoms with E-state index in [4.69, 9.17) is 10.5 Å². The first-order valence-corrected chi connectivity index (χ1v) is 5.06. The van der Waals surface area contributed by atoms with Crippen LogP contribution < -0.4 is 5.73 Å². The maximum atomic E-state index is 11.4. The fourth-order valence-corrected chi connectivity index (χ4v) is 1.56. The molecule has 14 heavy (non-hydrogen) atoms. The van der Waals surface area contributed by atoms with Gasteiger partial charge in [-0.25, -0.2) is 0 Å². The molecule has 4 nitrogen and oxygen atoms in total. The minimum atomic E-state index is -0.390. The lowest BCUT2D eigenvalue weighted by atomic mass is 10.2. The largest absolute Gasteiger partial charge is 0.459 e. The number of hydrogen-bond donors (Lipinski definition) is 1. The van der Waals surface area contributed by atoms with E-state index in [1.54, 1.807) is 0 Å². The van der Waals surface area contributed by atoms with Gasteiger partial charge in [0.15, 0.2) is 0 Å². The average Bonchev–Trinajstić information content (AvgIpc) is 2.30. The maximum absolute atomic E-state index is 11.4. The van der Waals surface area contributed by atoms with Gasteiger partial charge < -0.3 is 10.5 Å². The third-order valence-electron chi connectivity index (χ3n) is 2.08. The van der Waals surface area contributed by atoms with Gasteiger partial charge in [0.25, 0.3) is 0 Å². The van der Waals surface area contributed by atoms with Gasteiger partial charge in [-0.1, -0.05) is 0 Å². The van der Waals surface area contributed by atoms with Crippen molar-refractivity contribution in [2.45, 2.75) is 38.8 Å². The maximum Gasteiger partial charge on any atom is 0.320 e. The van der Waals surface area contributed by atoms with E-state index in [9.17, 15) is 4.79 Å². The Morgan fingerprint density at radius 3 is 2.64 bits per heavy atom. The van der Waals surface area contributed by atoms with Crippen LogP contribution in [0, 0.1) is 0 Å². The highest BCUT2D eigenvalue weighted by atomic mass is 16.6. The molecule has 0 aromatic rings. The van der Waals surface area contributed by atoms with Crippen molar-refractivity contribution >= 4 is 5.97 Å². The first kappa shape index (κ1) is 11.5. The molecular weight excluding hydrogens is 180 g/mol. The zero-order valence-electron chi connectivity index (χ0n) is 9.25. The van der Waals surface area contributed by atoms with Crippen molar-refractivity contribution in [1.29, 1.82) is 0 Å². The second kappa shape index (κ2) is 4.28. The number of carbonyl (C=O) groups is 1. The fraction of sp³-hybridized carbons (Fsp3) is 0.900. The molecule has 1 aliphatic heterocycles. The van der Waals surface area contributed by atoms with Gasteiger partial charge in [0.05, 0.1) is 6.54 Å². The molecule has 0 unspecified atom stereocenters. The smallest absolute Gasteiger partial charge is 0.320 e. The summed E-state index contributed by atoms with van der Waals surface area (Å²) >= 11 is 0. The molecule has 0 amide bonds. The zero-order valence-corrected chi connectivity index (χ0v) is 9.25. The molecule has 4 heteroatoms. The third-order valence-corrected chi connectivity index (χ3v) is 2.08. The summed E-state index contributed by atoms with van der Waals surface area (Å²) in [6.45, 7) is 7.70. The first-order valence-electron chi connectivity index (χ1n) is 5.06. The van der Waals surface area contributed by atoms with Crippen molar-refractivity contribution in [3.05, 3.63) is 0 Å². The highest BCUT2D eigenvalue weighted by Gasteiger charge is 2.23. The number of nitrogens with two attached hydrogens (primary N) is 1. The van der Waals surface area contributed by atoms with Crippen LogP contribution in [-0.2, 0) is 9.53 Å². The summed E-state index contributed by atoms with van der Waals surface area (Å²) in [5.41, 5.74) is 5.34. The van der Waals surface area contributed by atoms with E-state index in [0.717, 1.165) is 19.5 Å². The predicted molar refractivity (Wildman–Crippen MR) is 54.9 cm³/mol. The Morgan fingerprint density at radius 2 is 2.21 bits per heavy atom. The molecule has 0 aromatic carbocycles. The number of rotatable bonds is 2. The zero-order chi connectivity index (χ0) is 10.8. The highest BCUT2D eigenvalue weighted by molar-refractivity contribution is 5.72. The Labute approximate surface area is 85.4 Å². The van der Waals surface area contributed by atoms with E-state index in [-0.39, 0.29) is 17.6 Å². The van der Waals surface area contributed by atoms with Crippen LogP contribution in [0.15, 0.2) is 0 Å². The Morgan fingerprint density at radius 1 is 1.57 bits per heavy atom. The standard InChI is InChI=1S/C10H20N2O2/c1-10(2,3)14-9(13)7-12-5-4-8(11)6-12/h8H,4-7,11H2,1-3H3/t8-/m1/s1. The van der Waals surface area contributed by atoms with Gasteiger partial charge >= 0.3 is 5.97 Å². The predicted octanol–water partition coefficient (Wildman–Crippen LogP) is 0.361. The summed E-state index contributed by atoms with van der Waals surface area (Å²) in [4.78, 5) is 13.5. The van der Waals surface area contributed by atoms with Crippen LogP contribution in [0.2, 0.25) is 0 Å². The van der Waals surface area contributed by atoms with E-state index in [2.05, 4.69) is 0 Å². The number of esters is 1. The van der Waals surface area contributed by atoms with Crippen LogP contribution in [0.3, 0.4) is 0 Å². The number of ether oxygens (including phenoxy) is 1. The molecule has 1 rings (SSSR count). The van der Waals surface area contributed by atoms with Crippen molar-refractivity contribution in [3.63, 3.8) is 0 Å². The molecule has 1 saturated heterocycles. The molecule has 0 spiro atoms. The van der Waals surface area contributed by atoms with Crippen LogP contribution in [0.5, 0.6) is 0 Å². The summed E-state index contributed by atoms with van der Waals surface area (Å²) in [5, 5.41) is 0. The topological polar surface area (TPSA) is 55.6 Å². The van der Waals surface area contributed by atoms with E-state index in [0.29, 0.717) is 6.54 Å². The molecule has 0 aromatic heterocycles. The molecule has 1 atom stereocenters. The molecule has 1 aliphatic rings. The average molecular weight is 200 g/mol. The second-order valence-electron chi connectivity index (χ2n) is 4.87. The van der Waals surface area contributed by atoms with Gasteiger partial charge in [0, 0.05) is 19.1 Å². The van der Waals surface area contributed by atoms with Crippen molar-refractivity contribution in [3.8, 4) is 0 Å². The Hall–Kier alpha value is -0.610. The van der Waals surface area contributed by atoms with E-state index < -0.39 is 0 Å². The monoisotopic (exact) mass is 200 g/mol. The number of likely N-dealkylation sites (tertiary alicyclic amines) is 1. The van der Waals surface area contributed by atoms with Crippen molar-refractivity contribution in [1.82, 2.24) is 4.90 Å². The van der Waals surface area contributed by atoms with Gasteiger partial charge in [-0.3, -0.25) is 9.69 Å². The van der Waals surface area contributed by atoms with E-state index >= 15 is 0 Å². The molecule has 2 N–H and O–H groups in total. The molecule has 1 fully saturated rings. The molecular formula is C10H20N2O2. The van der Waals surface area contributed by atoms with E-state index in [1.807, 2.05) is 25.7 Å². The normalized spacial score (nSPS) is 23.9. The summed E-state index contributed by atoms with van der Waals surface area (Å²) < 4.78 is 5.21. The van der Waals surface area contributed by atoms with Gasteiger partial charge in [0.1, 0.15) is 5.60 Å². The number of carbonyl (C=O) groups excluding carboxylic acids is 1. The highest BCUT2D eigenvalue weighted by Crippen LogP contribution is 2.10. The quantitative estimate of drug-likeness (QED) is 0.654. The molecule has 0 bridgehead atoms. The van der Waals surface area contributed by atoms with Gasteiger partial charge in [-0.05, 0) is 27.2 Å². The van der Waals surface area contributed by atoms with Crippen LogP contribution in [0.1, 0.15) is 27.2 Å². The second-order valence-corrected chi connectivity index (χ2v) is 4.87.